The van der Waals surface area contributed by atoms with Crippen LogP contribution in [0.25, 0.3) is 0 Å². The Hall–Kier alpha value is -3.76. The first kappa shape index (κ1) is 29.8. The van der Waals surface area contributed by atoms with Crippen LogP contribution in [0.3, 0.4) is 0 Å². The highest BCUT2D eigenvalue weighted by molar-refractivity contribution is 7.89. The topological polar surface area (TPSA) is 37.4 Å². The van der Waals surface area contributed by atoms with Crippen molar-refractivity contribution in [2.45, 2.75) is 38.0 Å². The third kappa shape index (κ3) is 8.63. The van der Waals surface area contributed by atoms with Crippen molar-refractivity contribution in [1.29, 1.82) is 0 Å². The van der Waals surface area contributed by atoms with Gasteiger partial charge in [-0.15, -0.1) is 11.1 Å². The van der Waals surface area contributed by atoms with Gasteiger partial charge in [0.1, 0.15) is 0 Å². The van der Waals surface area contributed by atoms with Crippen molar-refractivity contribution in [1.82, 2.24) is 4.31 Å². The maximum Gasteiger partial charge on any atom is 0.244 e. The number of nitrogens with zero attached hydrogens (tertiary/aromatic N) is 1. The molecule has 0 radical (unpaired) electrons. The van der Waals surface area contributed by atoms with Crippen LogP contribution >= 0.6 is 0 Å². The van der Waals surface area contributed by atoms with Crippen molar-refractivity contribution in [3.8, 4) is 46.6 Å². The molecule has 0 heterocycles. The Morgan fingerprint density at radius 2 is 1.03 bits per heavy atom. The molecule has 0 saturated carbocycles. The molecule has 0 bridgehead atoms. The summed E-state index contributed by atoms with van der Waals surface area (Å²) in [6.07, 6.45) is 0. The SMILES string of the molecule is Cc1ccc(S(=O)(=O)N(CC#CC#C[Si](C)(C)c2ccccc2)CC#CC#C[Si](C)(C)c2ccccc2)cc1. The third-order valence-electron chi connectivity index (χ3n) is 6.21. The van der Waals surface area contributed by atoms with Crippen LogP contribution in [-0.4, -0.2) is 42.0 Å². The molecule has 0 aliphatic carbocycles. The molecule has 0 unspecified atom stereocenters. The minimum Gasteiger partial charge on any atom is -0.207 e. The molecule has 0 aliphatic rings. The Morgan fingerprint density at radius 3 is 1.44 bits per heavy atom. The highest BCUT2D eigenvalue weighted by Gasteiger charge is 2.23. The van der Waals surface area contributed by atoms with Crippen LogP contribution in [-0.2, 0) is 10.0 Å². The fourth-order valence-corrected chi connectivity index (χ4v) is 8.00. The Kier molecular flexibility index (Phi) is 10.2. The van der Waals surface area contributed by atoms with E-state index in [-0.39, 0.29) is 18.0 Å². The van der Waals surface area contributed by atoms with Gasteiger partial charge in [0.25, 0.3) is 0 Å². The van der Waals surface area contributed by atoms with Crippen LogP contribution in [0.5, 0.6) is 0 Å². The average Bonchev–Trinajstić information content (AvgIpc) is 2.92. The molecule has 3 nitrogen and oxygen atoms in total. The maximum atomic E-state index is 13.4. The predicted molar refractivity (Wildman–Crippen MR) is 168 cm³/mol. The zero-order chi connectivity index (χ0) is 28.4. The zero-order valence-electron chi connectivity index (χ0n) is 23.2. The van der Waals surface area contributed by atoms with Crippen LogP contribution in [0.4, 0.5) is 0 Å². The molecular weight excluding hydrogens is 531 g/mol. The summed E-state index contributed by atoms with van der Waals surface area (Å²) in [7, 11) is -7.69. The quantitative estimate of drug-likeness (QED) is 0.331. The predicted octanol–water partition coefficient (Wildman–Crippen LogP) is 4.31. The first-order valence-corrected chi connectivity index (χ1v) is 20.1. The van der Waals surface area contributed by atoms with Crippen molar-refractivity contribution >= 4 is 36.5 Å². The highest BCUT2D eigenvalue weighted by Crippen LogP contribution is 2.15. The first-order chi connectivity index (χ1) is 18.5. The Bertz CT molecular complexity index is 1540. The van der Waals surface area contributed by atoms with Gasteiger partial charge in [-0.2, -0.15) is 4.31 Å². The second-order valence-corrected chi connectivity index (χ2v) is 20.3. The second kappa shape index (κ2) is 13.3. The fraction of sp³-hybridized carbons (Fsp3) is 0.212. The van der Waals surface area contributed by atoms with E-state index in [1.807, 2.05) is 43.3 Å². The molecule has 6 heteroatoms. The van der Waals surface area contributed by atoms with Gasteiger partial charge in [-0.05, 0) is 53.1 Å². The molecule has 0 saturated heterocycles. The minimum atomic E-state index is -3.79. The van der Waals surface area contributed by atoms with Crippen LogP contribution in [0.15, 0.2) is 89.8 Å². The molecule has 0 amide bonds. The Labute approximate surface area is 236 Å². The summed E-state index contributed by atoms with van der Waals surface area (Å²) in [5.41, 5.74) is 7.62. The summed E-state index contributed by atoms with van der Waals surface area (Å²) >= 11 is 0. The van der Waals surface area contributed by atoms with E-state index in [1.54, 1.807) is 24.3 Å². The van der Waals surface area contributed by atoms with E-state index in [9.17, 15) is 8.42 Å². The van der Waals surface area contributed by atoms with E-state index in [2.05, 4.69) is 97.1 Å². The number of aryl methyl sites for hydroxylation is 1. The first-order valence-electron chi connectivity index (χ1n) is 12.7. The number of sulfonamides is 1. The van der Waals surface area contributed by atoms with Crippen molar-refractivity contribution in [3.05, 3.63) is 90.5 Å². The summed E-state index contributed by atoms with van der Waals surface area (Å²) in [6.45, 7) is 10.6. The molecule has 0 aliphatic heterocycles. The number of hydrogen-bond acceptors (Lipinski definition) is 2. The van der Waals surface area contributed by atoms with Gasteiger partial charge in [0, 0.05) is 0 Å². The van der Waals surface area contributed by atoms with E-state index < -0.39 is 26.2 Å². The molecule has 39 heavy (non-hydrogen) atoms. The molecule has 196 valence electrons. The second-order valence-electron chi connectivity index (χ2n) is 10.2. The normalized spacial score (nSPS) is 11.0. The number of rotatable bonds is 6. The molecule has 3 aromatic rings. The molecule has 3 rings (SSSR count). The van der Waals surface area contributed by atoms with Gasteiger partial charge >= 0.3 is 0 Å². The van der Waals surface area contributed by atoms with Gasteiger partial charge in [-0.25, -0.2) is 8.42 Å². The molecule has 3 aromatic carbocycles. The lowest BCUT2D eigenvalue weighted by molar-refractivity contribution is 0.482. The Morgan fingerprint density at radius 1 is 0.615 bits per heavy atom. The molecule has 0 spiro atoms. The smallest absolute Gasteiger partial charge is 0.207 e. The molecular formula is C33H33NO2SSi2. The monoisotopic (exact) mass is 563 g/mol. The average molecular weight is 564 g/mol. The van der Waals surface area contributed by atoms with E-state index in [4.69, 9.17) is 0 Å². The molecule has 0 N–H and O–H groups in total. The Balaban J connectivity index is 1.80. The summed E-state index contributed by atoms with van der Waals surface area (Å²) in [6, 6.07) is 27.2. The van der Waals surface area contributed by atoms with Crippen molar-refractivity contribution < 1.29 is 8.42 Å². The van der Waals surface area contributed by atoms with Crippen molar-refractivity contribution in [3.63, 3.8) is 0 Å². The van der Waals surface area contributed by atoms with E-state index >= 15 is 0 Å². The van der Waals surface area contributed by atoms with Gasteiger partial charge in [-0.3, -0.25) is 0 Å². The summed E-state index contributed by atoms with van der Waals surface area (Å²) < 4.78 is 28.1. The standard InChI is InChI=1S/C33H33NO2SSi2/c1-30-22-24-31(25-23-30)37(35,36)34(26-14-8-16-28-38(2,3)32-18-10-6-11-19-32)27-15-9-17-29-39(4,5)33-20-12-7-13-21-33/h6-7,10-13,18-25H,26-27H2,1-5H3. The highest BCUT2D eigenvalue weighted by atomic mass is 32.2. The lowest BCUT2D eigenvalue weighted by atomic mass is 10.2. The van der Waals surface area contributed by atoms with Crippen LogP contribution in [0.2, 0.25) is 26.2 Å². The van der Waals surface area contributed by atoms with Gasteiger partial charge in [0.2, 0.25) is 10.0 Å². The van der Waals surface area contributed by atoms with E-state index in [0.717, 1.165) is 5.56 Å². The lowest BCUT2D eigenvalue weighted by Gasteiger charge is -2.17. The van der Waals surface area contributed by atoms with E-state index in [0.29, 0.717) is 0 Å². The van der Waals surface area contributed by atoms with Crippen molar-refractivity contribution in [2.75, 3.05) is 13.1 Å². The van der Waals surface area contributed by atoms with Crippen LogP contribution < -0.4 is 10.4 Å². The third-order valence-corrected chi connectivity index (χ3v) is 13.1. The van der Waals surface area contributed by atoms with Gasteiger partial charge in [0.05, 0.1) is 18.0 Å². The van der Waals surface area contributed by atoms with Gasteiger partial charge in [0.15, 0.2) is 16.1 Å². The molecule has 0 aromatic heterocycles. The van der Waals surface area contributed by atoms with Crippen LogP contribution in [0, 0.1) is 53.5 Å². The summed E-state index contributed by atoms with van der Waals surface area (Å²) in [5, 5.41) is 2.47. The summed E-state index contributed by atoms with van der Waals surface area (Å²) in [5.74, 6) is 17.5. The van der Waals surface area contributed by atoms with Gasteiger partial charge in [-0.1, -0.05) is 116 Å². The molecule has 0 fully saturated rings. The zero-order valence-corrected chi connectivity index (χ0v) is 26.0. The lowest BCUT2D eigenvalue weighted by Crippen LogP contribution is -2.39. The maximum absolute atomic E-state index is 13.4. The number of hydrogen-bond donors (Lipinski definition) is 0. The van der Waals surface area contributed by atoms with Crippen molar-refractivity contribution in [2.24, 2.45) is 0 Å². The van der Waals surface area contributed by atoms with Gasteiger partial charge < -0.3 is 0 Å². The number of benzene rings is 3. The summed E-state index contributed by atoms with van der Waals surface area (Å²) in [4.78, 5) is 0.212. The van der Waals surface area contributed by atoms with Crippen LogP contribution in [0.1, 0.15) is 5.56 Å². The largest absolute Gasteiger partial charge is 0.244 e. The van der Waals surface area contributed by atoms with E-state index in [1.165, 1.54) is 14.7 Å². The molecule has 0 atom stereocenters. The fourth-order valence-electron chi connectivity index (χ4n) is 3.66. The minimum absolute atomic E-state index is 0.00935.